The largest absolute Gasteiger partial charge is 0.338 e. The van der Waals surface area contributed by atoms with Gasteiger partial charge in [-0.15, -0.1) is 0 Å². The predicted molar refractivity (Wildman–Crippen MR) is 80.0 cm³/mol. The normalized spacial score (nSPS) is 17.9. The topological polar surface area (TPSA) is 49.6 Å². The van der Waals surface area contributed by atoms with Gasteiger partial charge in [0.2, 0.25) is 5.91 Å². The second kappa shape index (κ2) is 8.54. The highest BCUT2D eigenvalue weighted by Gasteiger charge is 2.28. The molecular weight excluding hydrogens is 238 g/mol. The third-order valence-electron chi connectivity index (χ3n) is 4.10. The summed E-state index contributed by atoms with van der Waals surface area (Å²) in [6.45, 7) is 4.55. The molecule has 1 atom stereocenters. The highest BCUT2D eigenvalue weighted by atomic mass is 16.2. The zero-order valence-electron chi connectivity index (χ0n) is 12.9. The average molecular weight is 269 g/mol. The summed E-state index contributed by atoms with van der Waals surface area (Å²) >= 11 is 0. The van der Waals surface area contributed by atoms with Crippen LogP contribution in [-0.2, 0) is 4.79 Å². The highest BCUT2D eigenvalue weighted by molar-refractivity contribution is 5.78. The fourth-order valence-electron chi connectivity index (χ4n) is 2.83. The fourth-order valence-corrected chi connectivity index (χ4v) is 2.83. The second-order valence-corrected chi connectivity index (χ2v) is 6.11. The quantitative estimate of drug-likeness (QED) is 0.729. The smallest absolute Gasteiger partial charge is 0.225 e. The van der Waals surface area contributed by atoms with Gasteiger partial charge in [-0.05, 0) is 46.3 Å². The van der Waals surface area contributed by atoms with Crippen molar-refractivity contribution in [3.63, 3.8) is 0 Å². The van der Waals surface area contributed by atoms with E-state index in [4.69, 9.17) is 5.73 Å². The van der Waals surface area contributed by atoms with Gasteiger partial charge in [0, 0.05) is 25.0 Å². The molecule has 0 heterocycles. The van der Waals surface area contributed by atoms with Gasteiger partial charge in [-0.3, -0.25) is 4.79 Å². The lowest BCUT2D eigenvalue weighted by Gasteiger charge is -2.32. The number of carbonyl (C=O) groups is 1. The zero-order chi connectivity index (χ0) is 14.3. The zero-order valence-corrected chi connectivity index (χ0v) is 12.9. The van der Waals surface area contributed by atoms with Gasteiger partial charge in [0.25, 0.3) is 0 Å². The maximum atomic E-state index is 12.6. The lowest BCUT2D eigenvalue weighted by Crippen LogP contribution is -2.45. The number of nitrogens with two attached hydrogens (primary N) is 1. The monoisotopic (exact) mass is 269 g/mol. The van der Waals surface area contributed by atoms with Gasteiger partial charge in [0.15, 0.2) is 0 Å². The van der Waals surface area contributed by atoms with Crippen LogP contribution in [0.5, 0.6) is 0 Å². The molecule has 1 fully saturated rings. The first-order chi connectivity index (χ1) is 9.06. The van der Waals surface area contributed by atoms with Crippen molar-refractivity contribution in [1.82, 2.24) is 9.80 Å². The minimum atomic E-state index is 0.117. The van der Waals surface area contributed by atoms with Gasteiger partial charge in [0.05, 0.1) is 0 Å². The molecule has 2 N–H and O–H groups in total. The van der Waals surface area contributed by atoms with Crippen molar-refractivity contribution in [2.75, 3.05) is 33.7 Å². The molecule has 1 aliphatic carbocycles. The van der Waals surface area contributed by atoms with Crippen LogP contribution in [0.1, 0.15) is 45.4 Å². The van der Waals surface area contributed by atoms with Crippen LogP contribution in [0.25, 0.3) is 0 Å². The molecule has 4 heteroatoms. The summed E-state index contributed by atoms with van der Waals surface area (Å²) in [5.74, 6) is 0.452. The van der Waals surface area contributed by atoms with Crippen LogP contribution in [0.2, 0.25) is 0 Å². The fraction of sp³-hybridized carbons (Fsp3) is 0.933. The SMILES string of the molecule is CC(CCCN)C(=O)N(CCN(C)C)C1CCCC1. The van der Waals surface area contributed by atoms with E-state index in [2.05, 4.69) is 30.8 Å². The van der Waals surface area contributed by atoms with Crippen molar-refractivity contribution in [1.29, 1.82) is 0 Å². The van der Waals surface area contributed by atoms with Crippen molar-refractivity contribution in [2.24, 2.45) is 11.7 Å². The summed E-state index contributed by atoms with van der Waals surface area (Å²) < 4.78 is 0. The van der Waals surface area contributed by atoms with Crippen molar-refractivity contribution in [3.05, 3.63) is 0 Å². The first kappa shape index (κ1) is 16.4. The Balaban J connectivity index is 2.57. The molecule has 1 amide bonds. The molecule has 0 aromatic carbocycles. The summed E-state index contributed by atoms with van der Waals surface area (Å²) in [6.07, 6.45) is 6.77. The van der Waals surface area contributed by atoms with Gasteiger partial charge >= 0.3 is 0 Å². The molecule has 0 aromatic rings. The van der Waals surface area contributed by atoms with Crippen molar-refractivity contribution < 1.29 is 4.79 Å². The molecule has 0 radical (unpaired) electrons. The Morgan fingerprint density at radius 1 is 1.26 bits per heavy atom. The first-order valence-corrected chi connectivity index (χ1v) is 7.71. The number of rotatable bonds is 8. The van der Waals surface area contributed by atoms with Gasteiger partial charge in [-0.2, -0.15) is 0 Å². The van der Waals surface area contributed by atoms with E-state index in [9.17, 15) is 4.79 Å². The van der Waals surface area contributed by atoms with E-state index in [1.165, 1.54) is 25.7 Å². The molecule has 1 rings (SSSR count). The van der Waals surface area contributed by atoms with E-state index in [0.717, 1.165) is 25.9 Å². The lowest BCUT2D eigenvalue weighted by molar-refractivity contribution is -0.137. The van der Waals surface area contributed by atoms with Crippen molar-refractivity contribution >= 4 is 5.91 Å². The van der Waals surface area contributed by atoms with Gasteiger partial charge in [-0.25, -0.2) is 0 Å². The van der Waals surface area contributed by atoms with E-state index in [1.807, 2.05) is 0 Å². The molecule has 0 aromatic heterocycles. The third kappa shape index (κ3) is 5.49. The summed E-state index contributed by atoms with van der Waals surface area (Å²) in [6, 6.07) is 0.479. The molecular formula is C15H31N3O. The van der Waals surface area contributed by atoms with Crippen molar-refractivity contribution in [2.45, 2.75) is 51.5 Å². The number of amides is 1. The van der Waals surface area contributed by atoms with Gasteiger partial charge in [-0.1, -0.05) is 19.8 Å². The van der Waals surface area contributed by atoms with E-state index in [1.54, 1.807) is 0 Å². The summed E-state index contributed by atoms with van der Waals surface area (Å²) in [5.41, 5.74) is 5.54. The third-order valence-corrected chi connectivity index (χ3v) is 4.10. The standard InChI is InChI=1S/C15H31N3O/c1-13(7-6-10-16)15(19)18(12-11-17(2)3)14-8-4-5-9-14/h13-14H,4-12,16H2,1-3H3. The van der Waals surface area contributed by atoms with Crippen molar-refractivity contribution in [3.8, 4) is 0 Å². The maximum absolute atomic E-state index is 12.6. The number of likely N-dealkylation sites (N-methyl/N-ethyl adjacent to an activating group) is 1. The number of carbonyl (C=O) groups excluding carboxylic acids is 1. The van der Waals surface area contributed by atoms with Gasteiger partial charge < -0.3 is 15.5 Å². The first-order valence-electron chi connectivity index (χ1n) is 7.71. The minimum absolute atomic E-state index is 0.117. The van der Waals surface area contributed by atoms with Crippen LogP contribution in [0.3, 0.4) is 0 Å². The summed E-state index contributed by atoms with van der Waals surface area (Å²) in [7, 11) is 4.13. The summed E-state index contributed by atoms with van der Waals surface area (Å²) in [5, 5.41) is 0. The molecule has 112 valence electrons. The molecule has 0 spiro atoms. The van der Waals surface area contributed by atoms with E-state index < -0.39 is 0 Å². The highest BCUT2D eigenvalue weighted by Crippen LogP contribution is 2.25. The van der Waals surface area contributed by atoms with Crippen LogP contribution >= 0.6 is 0 Å². The van der Waals surface area contributed by atoms with E-state index >= 15 is 0 Å². The average Bonchev–Trinajstić information content (AvgIpc) is 2.89. The molecule has 0 saturated heterocycles. The van der Waals surface area contributed by atoms with Crippen LogP contribution in [0.4, 0.5) is 0 Å². The molecule has 4 nitrogen and oxygen atoms in total. The Morgan fingerprint density at radius 3 is 2.42 bits per heavy atom. The predicted octanol–water partition coefficient (Wildman–Crippen LogP) is 1.69. The Labute approximate surface area is 118 Å². The van der Waals surface area contributed by atoms with Crippen LogP contribution in [0.15, 0.2) is 0 Å². The minimum Gasteiger partial charge on any atom is -0.338 e. The number of hydrogen-bond acceptors (Lipinski definition) is 3. The van der Waals surface area contributed by atoms with Crippen LogP contribution in [-0.4, -0.2) is 55.5 Å². The molecule has 1 saturated carbocycles. The molecule has 19 heavy (non-hydrogen) atoms. The maximum Gasteiger partial charge on any atom is 0.225 e. The molecule has 0 aliphatic heterocycles. The number of nitrogens with zero attached hydrogens (tertiary/aromatic N) is 2. The second-order valence-electron chi connectivity index (χ2n) is 6.11. The molecule has 1 aliphatic rings. The molecule has 1 unspecified atom stereocenters. The lowest BCUT2D eigenvalue weighted by atomic mass is 10.0. The number of hydrogen-bond donors (Lipinski definition) is 1. The Kier molecular flexibility index (Phi) is 7.39. The van der Waals surface area contributed by atoms with E-state index in [0.29, 0.717) is 18.5 Å². The van der Waals surface area contributed by atoms with Crippen LogP contribution < -0.4 is 5.73 Å². The van der Waals surface area contributed by atoms with E-state index in [-0.39, 0.29) is 5.92 Å². The molecule has 0 bridgehead atoms. The Hall–Kier alpha value is -0.610. The summed E-state index contributed by atoms with van der Waals surface area (Å²) in [4.78, 5) is 16.9. The Morgan fingerprint density at radius 2 is 1.89 bits per heavy atom. The van der Waals surface area contributed by atoms with Crippen LogP contribution in [0, 0.1) is 5.92 Å². The Bertz CT molecular complexity index is 262. The van der Waals surface area contributed by atoms with Gasteiger partial charge in [0.1, 0.15) is 0 Å².